The average molecular weight is 328 g/mol. The number of halogens is 3. The molecular formula is C14H8Cl2FNOS. The van der Waals surface area contributed by atoms with Crippen molar-refractivity contribution in [1.82, 2.24) is 0 Å². The van der Waals surface area contributed by atoms with Gasteiger partial charge in [0.2, 0.25) is 0 Å². The summed E-state index contributed by atoms with van der Waals surface area (Å²) in [5.41, 5.74) is 0.637. The molecule has 0 aliphatic heterocycles. The highest BCUT2D eigenvalue weighted by atomic mass is 35.5. The van der Waals surface area contributed by atoms with Crippen LogP contribution in [0.1, 0.15) is 11.1 Å². The van der Waals surface area contributed by atoms with Gasteiger partial charge in [-0.1, -0.05) is 29.3 Å². The number of benzene rings is 2. The summed E-state index contributed by atoms with van der Waals surface area (Å²) >= 11 is 12.0. The molecule has 102 valence electrons. The topological polar surface area (TPSA) is 40.9 Å². The summed E-state index contributed by atoms with van der Waals surface area (Å²) < 4.78 is 25.6. The van der Waals surface area contributed by atoms with Gasteiger partial charge in [0.1, 0.15) is 5.82 Å². The summed E-state index contributed by atoms with van der Waals surface area (Å²) in [4.78, 5) is 0.318. The highest BCUT2D eigenvalue weighted by Gasteiger charge is 2.14. The normalized spacial score (nSPS) is 11.9. The van der Waals surface area contributed by atoms with Crippen molar-refractivity contribution < 1.29 is 8.60 Å². The van der Waals surface area contributed by atoms with E-state index in [-0.39, 0.29) is 11.3 Å². The van der Waals surface area contributed by atoms with Crippen LogP contribution >= 0.6 is 23.2 Å². The average Bonchev–Trinajstić information content (AvgIpc) is 2.37. The first-order chi connectivity index (χ1) is 9.51. The standard InChI is InChI=1S/C14H8Cl2FNOS/c15-12-2-1-3-13(16)14(12)20(19)8-10-4-9(7-18)5-11(17)6-10/h1-6H,8H2. The Kier molecular flexibility index (Phi) is 4.77. The van der Waals surface area contributed by atoms with Crippen molar-refractivity contribution in [3.05, 3.63) is 63.4 Å². The van der Waals surface area contributed by atoms with Gasteiger partial charge in [0.05, 0.1) is 43.1 Å². The molecule has 2 rings (SSSR count). The lowest BCUT2D eigenvalue weighted by Gasteiger charge is -2.07. The fourth-order valence-corrected chi connectivity index (χ4v) is 3.82. The largest absolute Gasteiger partial charge is 0.254 e. The van der Waals surface area contributed by atoms with Crippen LogP contribution in [0.15, 0.2) is 41.3 Å². The molecule has 2 aromatic carbocycles. The van der Waals surface area contributed by atoms with Crippen molar-refractivity contribution >= 4 is 34.0 Å². The minimum atomic E-state index is -1.52. The summed E-state index contributed by atoms with van der Waals surface area (Å²) in [6, 6.07) is 10.5. The number of rotatable bonds is 3. The molecule has 0 amide bonds. The van der Waals surface area contributed by atoms with Crippen LogP contribution in [0, 0.1) is 17.1 Å². The zero-order valence-electron chi connectivity index (χ0n) is 10.1. The molecule has 6 heteroatoms. The van der Waals surface area contributed by atoms with Gasteiger partial charge in [-0.3, -0.25) is 4.21 Å². The van der Waals surface area contributed by atoms with Crippen molar-refractivity contribution in [1.29, 1.82) is 5.26 Å². The van der Waals surface area contributed by atoms with Crippen LogP contribution in [0.2, 0.25) is 10.0 Å². The van der Waals surface area contributed by atoms with Gasteiger partial charge in [0, 0.05) is 0 Å². The summed E-state index contributed by atoms with van der Waals surface area (Å²) in [7, 11) is -1.52. The summed E-state index contributed by atoms with van der Waals surface area (Å²) in [5.74, 6) is -0.503. The van der Waals surface area contributed by atoms with Crippen LogP contribution in [-0.2, 0) is 16.6 Å². The molecule has 0 aliphatic rings. The summed E-state index contributed by atoms with van der Waals surface area (Å²) in [5, 5.41) is 9.39. The Morgan fingerprint density at radius 1 is 1.20 bits per heavy atom. The van der Waals surface area contributed by atoms with E-state index in [4.69, 9.17) is 28.5 Å². The molecule has 0 spiro atoms. The van der Waals surface area contributed by atoms with E-state index in [0.717, 1.165) is 6.07 Å². The minimum Gasteiger partial charge on any atom is -0.254 e. The maximum absolute atomic E-state index is 13.3. The number of hydrogen-bond donors (Lipinski definition) is 0. The van der Waals surface area contributed by atoms with E-state index in [0.29, 0.717) is 20.5 Å². The van der Waals surface area contributed by atoms with Crippen LogP contribution in [0.5, 0.6) is 0 Å². The number of nitriles is 1. The van der Waals surface area contributed by atoms with Gasteiger partial charge in [-0.15, -0.1) is 0 Å². The minimum absolute atomic E-state index is 0.0376. The van der Waals surface area contributed by atoms with Gasteiger partial charge in [-0.2, -0.15) is 5.26 Å². The van der Waals surface area contributed by atoms with E-state index >= 15 is 0 Å². The smallest absolute Gasteiger partial charge is 0.124 e. The first-order valence-corrected chi connectivity index (χ1v) is 7.60. The predicted octanol–water partition coefficient (Wildman–Crippen LogP) is 4.31. The molecule has 0 N–H and O–H groups in total. The zero-order chi connectivity index (χ0) is 14.7. The molecule has 1 atom stereocenters. The number of hydrogen-bond acceptors (Lipinski definition) is 2. The molecule has 2 aromatic rings. The van der Waals surface area contributed by atoms with E-state index in [1.807, 2.05) is 6.07 Å². The van der Waals surface area contributed by atoms with Crippen LogP contribution in [0.4, 0.5) is 4.39 Å². The lowest BCUT2D eigenvalue weighted by atomic mass is 10.1. The van der Waals surface area contributed by atoms with Crippen LogP contribution in [-0.4, -0.2) is 4.21 Å². The Morgan fingerprint density at radius 3 is 2.45 bits per heavy atom. The second-order valence-corrected chi connectivity index (χ2v) is 6.20. The zero-order valence-corrected chi connectivity index (χ0v) is 12.4. The van der Waals surface area contributed by atoms with Crippen molar-refractivity contribution in [2.24, 2.45) is 0 Å². The van der Waals surface area contributed by atoms with E-state index in [2.05, 4.69) is 0 Å². The second kappa shape index (κ2) is 6.36. The monoisotopic (exact) mass is 327 g/mol. The van der Waals surface area contributed by atoms with Crippen molar-refractivity contribution in [3.8, 4) is 6.07 Å². The molecule has 0 aromatic heterocycles. The lowest BCUT2D eigenvalue weighted by molar-refractivity contribution is 0.625. The second-order valence-electron chi connectivity index (χ2n) is 4.00. The molecule has 0 fully saturated rings. The molecule has 0 heterocycles. The third kappa shape index (κ3) is 3.37. The number of nitrogens with zero attached hydrogens (tertiary/aromatic N) is 1. The fourth-order valence-electron chi connectivity index (χ4n) is 1.72. The molecule has 0 saturated carbocycles. The Morgan fingerprint density at radius 2 is 1.85 bits per heavy atom. The molecule has 20 heavy (non-hydrogen) atoms. The Balaban J connectivity index is 2.33. The predicted molar refractivity (Wildman–Crippen MR) is 77.7 cm³/mol. The van der Waals surface area contributed by atoms with Crippen LogP contribution in [0.3, 0.4) is 0 Å². The third-order valence-electron chi connectivity index (χ3n) is 2.53. The molecule has 0 aliphatic carbocycles. The molecule has 0 saturated heterocycles. The summed E-state index contributed by atoms with van der Waals surface area (Å²) in [6.07, 6.45) is 0. The third-order valence-corrected chi connectivity index (χ3v) is 4.88. The van der Waals surface area contributed by atoms with Crippen LogP contribution in [0.25, 0.3) is 0 Å². The molecule has 0 bridgehead atoms. The van der Waals surface area contributed by atoms with Crippen molar-refractivity contribution in [3.63, 3.8) is 0 Å². The molecular weight excluding hydrogens is 320 g/mol. The van der Waals surface area contributed by atoms with E-state index < -0.39 is 16.6 Å². The van der Waals surface area contributed by atoms with Gasteiger partial charge in [-0.25, -0.2) is 4.39 Å². The Labute approximate surface area is 128 Å². The van der Waals surface area contributed by atoms with Crippen molar-refractivity contribution in [2.45, 2.75) is 10.6 Å². The van der Waals surface area contributed by atoms with Gasteiger partial charge >= 0.3 is 0 Å². The lowest BCUT2D eigenvalue weighted by Crippen LogP contribution is -1.99. The molecule has 1 unspecified atom stereocenters. The maximum Gasteiger partial charge on any atom is 0.124 e. The quantitative estimate of drug-likeness (QED) is 0.842. The van der Waals surface area contributed by atoms with E-state index in [1.54, 1.807) is 18.2 Å². The molecule has 2 nitrogen and oxygen atoms in total. The Hall–Kier alpha value is -1.41. The highest BCUT2D eigenvalue weighted by molar-refractivity contribution is 7.84. The SMILES string of the molecule is N#Cc1cc(F)cc(CS(=O)c2c(Cl)cccc2Cl)c1. The fraction of sp³-hybridized carbons (Fsp3) is 0.0714. The van der Waals surface area contributed by atoms with Gasteiger partial charge in [0.25, 0.3) is 0 Å². The van der Waals surface area contributed by atoms with Gasteiger partial charge < -0.3 is 0 Å². The van der Waals surface area contributed by atoms with E-state index in [9.17, 15) is 8.60 Å². The molecule has 0 radical (unpaired) electrons. The van der Waals surface area contributed by atoms with Crippen molar-refractivity contribution in [2.75, 3.05) is 0 Å². The van der Waals surface area contributed by atoms with Crippen LogP contribution < -0.4 is 0 Å². The van der Waals surface area contributed by atoms with Gasteiger partial charge in [-0.05, 0) is 35.9 Å². The first-order valence-electron chi connectivity index (χ1n) is 5.53. The highest BCUT2D eigenvalue weighted by Crippen LogP contribution is 2.29. The summed E-state index contributed by atoms with van der Waals surface area (Å²) in [6.45, 7) is 0. The Bertz CT molecular complexity index is 707. The first kappa shape index (κ1) is 15.0. The maximum atomic E-state index is 13.3. The van der Waals surface area contributed by atoms with E-state index in [1.165, 1.54) is 12.1 Å². The van der Waals surface area contributed by atoms with Gasteiger partial charge in [0.15, 0.2) is 0 Å².